The number of hydrogen-bond acceptors (Lipinski definition) is 4. The molecular weight excluding hydrogens is 248 g/mol. The zero-order valence-electron chi connectivity index (χ0n) is 10.7. The quantitative estimate of drug-likeness (QED) is 0.786. The molecule has 104 valence electrons. The number of amides is 1. The number of nitrogens with zero attached hydrogens (tertiary/aromatic N) is 3. The highest BCUT2D eigenvalue weighted by Crippen LogP contribution is 2.17. The second kappa shape index (κ2) is 6.31. The summed E-state index contributed by atoms with van der Waals surface area (Å²) in [5, 5.41) is 18.9. The maximum Gasteiger partial charge on any atom is 0.325 e. The third kappa shape index (κ3) is 4.04. The smallest absolute Gasteiger partial charge is 0.325 e. The first-order valence-corrected chi connectivity index (χ1v) is 6.58. The van der Waals surface area contributed by atoms with E-state index in [-0.39, 0.29) is 24.2 Å². The van der Waals surface area contributed by atoms with Gasteiger partial charge in [0.15, 0.2) is 5.69 Å². The Bertz CT molecular complexity index is 450. The summed E-state index contributed by atoms with van der Waals surface area (Å²) in [6, 6.07) is 0.194. The van der Waals surface area contributed by atoms with E-state index in [1.54, 1.807) is 0 Å². The molecule has 1 fully saturated rings. The normalized spacial score (nSPS) is 16.8. The molecule has 1 aromatic heterocycles. The molecule has 1 aromatic rings. The summed E-state index contributed by atoms with van der Waals surface area (Å²) in [5.41, 5.74) is 0.172. The summed E-state index contributed by atoms with van der Waals surface area (Å²) in [6.45, 7) is -0.288. The van der Waals surface area contributed by atoms with Crippen molar-refractivity contribution in [3.8, 4) is 0 Å². The number of carboxylic acid groups (broad SMARTS) is 1. The minimum absolute atomic E-state index is 0.172. The average molecular weight is 266 g/mol. The lowest BCUT2D eigenvalue weighted by atomic mass is 10.1. The monoisotopic (exact) mass is 266 g/mol. The largest absolute Gasteiger partial charge is 0.480 e. The number of hydrogen-bond donors (Lipinski definition) is 2. The number of carbonyl (C=O) groups excluding carboxylic acids is 1. The van der Waals surface area contributed by atoms with Gasteiger partial charge in [0.1, 0.15) is 6.54 Å². The van der Waals surface area contributed by atoms with Gasteiger partial charge in [-0.15, -0.1) is 5.10 Å². The molecule has 0 aromatic carbocycles. The van der Waals surface area contributed by atoms with Crippen LogP contribution in [0.4, 0.5) is 0 Å². The Morgan fingerprint density at radius 3 is 2.63 bits per heavy atom. The number of aliphatic carboxylic acids is 1. The molecule has 19 heavy (non-hydrogen) atoms. The first kappa shape index (κ1) is 13.5. The van der Waals surface area contributed by atoms with Crippen LogP contribution in [0.5, 0.6) is 0 Å². The Kier molecular flexibility index (Phi) is 4.48. The summed E-state index contributed by atoms with van der Waals surface area (Å²) in [5.74, 6) is -1.29. The van der Waals surface area contributed by atoms with Crippen LogP contribution in [0.1, 0.15) is 49.0 Å². The molecule has 7 nitrogen and oxygen atoms in total. The van der Waals surface area contributed by atoms with Crippen LogP contribution in [0.2, 0.25) is 0 Å². The van der Waals surface area contributed by atoms with E-state index >= 15 is 0 Å². The van der Waals surface area contributed by atoms with Crippen LogP contribution in [-0.2, 0) is 11.3 Å². The zero-order valence-corrected chi connectivity index (χ0v) is 10.7. The van der Waals surface area contributed by atoms with Crippen molar-refractivity contribution < 1.29 is 14.7 Å². The van der Waals surface area contributed by atoms with Crippen molar-refractivity contribution in [2.24, 2.45) is 0 Å². The molecule has 1 aliphatic rings. The third-order valence-electron chi connectivity index (χ3n) is 3.26. The lowest BCUT2D eigenvalue weighted by Crippen LogP contribution is -2.34. The Morgan fingerprint density at radius 2 is 2.00 bits per heavy atom. The van der Waals surface area contributed by atoms with E-state index in [0.717, 1.165) is 30.4 Å². The Morgan fingerprint density at radius 1 is 1.32 bits per heavy atom. The molecule has 1 saturated carbocycles. The number of aromatic nitrogens is 3. The summed E-state index contributed by atoms with van der Waals surface area (Å²) >= 11 is 0. The van der Waals surface area contributed by atoms with Gasteiger partial charge >= 0.3 is 5.97 Å². The van der Waals surface area contributed by atoms with Crippen LogP contribution in [0, 0.1) is 0 Å². The highest BCUT2D eigenvalue weighted by molar-refractivity contribution is 5.92. The summed E-state index contributed by atoms with van der Waals surface area (Å²) in [4.78, 5) is 22.5. The number of carboxylic acids is 1. The van der Waals surface area contributed by atoms with E-state index in [2.05, 4.69) is 15.6 Å². The highest BCUT2D eigenvalue weighted by Gasteiger charge is 2.18. The molecule has 1 aliphatic carbocycles. The highest BCUT2D eigenvalue weighted by atomic mass is 16.4. The molecular formula is C12H18N4O3. The fourth-order valence-electron chi connectivity index (χ4n) is 2.30. The van der Waals surface area contributed by atoms with Gasteiger partial charge in [-0.2, -0.15) is 0 Å². The molecule has 0 bridgehead atoms. The van der Waals surface area contributed by atoms with Crippen LogP contribution < -0.4 is 5.32 Å². The maximum atomic E-state index is 11.9. The van der Waals surface area contributed by atoms with E-state index in [4.69, 9.17) is 5.11 Å². The molecule has 1 amide bonds. The van der Waals surface area contributed by atoms with Crippen molar-refractivity contribution in [3.05, 3.63) is 11.9 Å². The van der Waals surface area contributed by atoms with E-state index in [1.807, 2.05) is 0 Å². The van der Waals surface area contributed by atoms with E-state index in [9.17, 15) is 9.59 Å². The zero-order chi connectivity index (χ0) is 13.7. The Hall–Kier alpha value is -1.92. The maximum absolute atomic E-state index is 11.9. The van der Waals surface area contributed by atoms with Crippen LogP contribution in [-0.4, -0.2) is 38.0 Å². The Labute approximate surface area is 111 Å². The first-order valence-electron chi connectivity index (χ1n) is 6.58. The van der Waals surface area contributed by atoms with E-state index in [1.165, 1.54) is 19.0 Å². The summed E-state index contributed by atoms with van der Waals surface area (Å²) in [6.07, 6.45) is 8.07. The predicted molar refractivity (Wildman–Crippen MR) is 66.6 cm³/mol. The van der Waals surface area contributed by atoms with Crippen LogP contribution in [0.25, 0.3) is 0 Å². The molecule has 1 heterocycles. The van der Waals surface area contributed by atoms with E-state index < -0.39 is 5.97 Å². The van der Waals surface area contributed by atoms with Crippen molar-refractivity contribution in [2.45, 2.75) is 51.1 Å². The van der Waals surface area contributed by atoms with Gasteiger partial charge in [-0.1, -0.05) is 30.9 Å². The van der Waals surface area contributed by atoms with Gasteiger partial charge in [0.2, 0.25) is 0 Å². The molecule has 7 heteroatoms. The van der Waals surface area contributed by atoms with Crippen molar-refractivity contribution >= 4 is 11.9 Å². The molecule has 0 aliphatic heterocycles. The minimum atomic E-state index is -1.01. The molecule has 0 unspecified atom stereocenters. The van der Waals surface area contributed by atoms with Crippen molar-refractivity contribution in [3.63, 3.8) is 0 Å². The third-order valence-corrected chi connectivity index (χ3v) is 3.26. The van der Waals surface area contributed by atoms with Gasteiger partial charge in [-0.25, -0.2) is 4.68 Å². The first-order chi connectivity index (χ1) is 9.15. The van der Waals surface area contributed by atoms with Gasteiger partial charge in [0.05, 0.1) is 6.20 Å². The van der Waals surface area contributed by atoms with Gasteiger partial charge in [-0.3, -0.25) is 9.59 Å². The number of carbonyl (C=O) groups is 2. The standard InChI is InChI=1S/C12H18N4O3/c17-11(18)8-16-7-10(14-15-16)12(19)13-9-5-3-1-2-4-6-9/h7,9H,1-6,8H2,(H,13,19)(H,17,18). The topological polar surface area (TPSA) is 97.1 Å². The van der Waals surface area contributed by atoms with Gasteiger partial charge in [0, 0.05) is 6.04 Å². The average Bonchev–Trinajstić information content (AvgIpc) is 2.66. The number of nitrogens with one attached hydrogen (secondary N) is 1. The van der Waals surface area contributed by atoms with Crippen LogP contribution in [0.3, 0.4) is 0 Å². The summed E-state index contributed by atoms with van der Waals surface area (Å²) < 4.78 is 1.14. The van der Waals surface area contributed by atoms with Gasteiger partial charge < -0.3 is 10.4 Å². The second-order valence-electron chi connectivity index (χ2n) is 4.86. The van der Waals surface area contributed by atoms with E-state index in [0.29, 0.717) is 0 Å². The number of rotatable bonds is 4. The van der Waals surface area contributed by atoms with Crippen molar-refractivity contribution in [1.82, 2.24) is 20.3 Å². The fraction of sp³-hybridized carbons (Fsp3) is 0.667. The summed E-state index contributed by atoms with van der Waals surface area (Å²) in [7, 11) is 0. The predicted octanol–water partition coefficient (Wildman–Crippen LogP) is 0.815. The lowest BCUT2D eigenvalue weighted by Gasteiger charge is -2.14. The SMILES string of the molecule is O=C(O)Cn1cc(C(=O)NC2CCCCCC2)nn1. The molecule has 2 N–H and O–H groups in total. The molecule has 2 rings (SSSR count). The van der Waals surface area contributed by atoms with Gasteiger partial charge in [-0.05, 0) is 12.8 Å². The van der Waals surface area contributed by atoms with Gasteiger partial charge in [0.25, 0.3) is 5.91 Å². The van der Waals surface area contributed by atoms with Crippen molar-refractivity contribution in [1.29, 1.82) is 0 Å². The second-order valence-corrected chi connectivity index (χ2v) is 4.86. The van der Waals surface area contributed by atoms with Crippen LogP contribution in [0.15, 0.2) is 6.20 Å². The molecule has 0 saturated heterocycles. The molecule has 0 radical (unpaired) electrons. The fourth-order valence-corrected chi connectivity index (χ4v) is 2.30. The lowest BCUT2D eigenvalue weighted by molar-refractivity contribution is -0.137. The minimum Gasteiger partial charge on any atom is -0.480 e. The molecule has 0 atom stereocenters. The van der Waals surface area contributed by atoms with Crippen LogP contribution >= 0.6 is 0 Å². The molecule has 0 spiro atoms. The Balaban J connectivity index is 1.91. The van der Waals surface area contributed by atoms with Crippen molar-refractivity contribution in [2.75, 3.05) is 0 Å².